The van der Waals surface area contributed by atoms with Crippen molar-refractivity contribution in [3.63, 3.8) is 0 Å². The Morgan fingerprint density at radius 1 is 1.26 bits per heavy atom. The standard InChI is InChI=1S/C15H10N4O3S/c20-13-7-11(17-15-19(13)5-6-23-15)8-21-12-3-1-10(2-4-12)14-18-16-9-22-14/h1-7,9H,8H2. The lowest BCUT2D eigenvalue weighted by Crippen LogP contribution is -2.14. The van der Waals surface area contributed by atoms with Crippen molar-refractivity contribution in [2.45, 2.75) is 6.61 Å². The third-order valence-electron chi connectivity index (χ3n) is 3.20. The van der Waals surface area contributed by atoms with Gasteiger partial charge in [0.25, 0.3) is 5.56 Å². The van der Waals surface area contributed by atoms with Gasteiger partial charge in [0, 0.05) is 23.2 Å². The van der Waals surface area contributed by atoms with Crippen molar-refractivity contribution < 1.29 is 9.15 Å². The van der Waals surface area contributed by atoms with Gasteiger partial charge in [0.2, 0.25) is 12.3 Å². The van der Waals surface area contributed by atoms with E-state index in [9.17, 15) is 4.79 Å². The molecule has 8 heteroatoms. The fraction of sp³-hybridized carbons (Fsp3) is 0.0667. The Hall–Kier alpha value is -3.00. The fourth-order valence-corrected chi connectivity index (χ4v) is 2.85. The van der Waals surface area contributed by atoms with Gasteiger partial charge < -0.3 is 9.15 Å². The van der Waals surface area contributed by atoms with E-state index in [1.165, 1.54) is 28.2 Å². The molecule has 0 fully saturated rings. The molecule has 4 rings (SSSR count). The highest BCUT2D eigenvalue weighted by atomic mass is 32.1. The van der Waals surface area contributed by atoms with Crippen LogP contribution in [-0.2, 0) is 6.61 Å². The number of aromatic nitrogens is 4. The molecule has 3 heterocycles. The van der Waals surface area contributed by atoms with Crippen LogP contribution in [0.5, 0.6) is 5.75 Å². The Morgan fingerprint density at radius 3 is 2.91 bits per heavy atom. The van der Waals surface area contributed by atoms with Crippen LogP contribution >= 0.6 is 11.3 Å². The summed E-state index contributed by atoms with van der Waals surface area (Å²) in [4.78, 5) is 16.9. The number of fused-ring (bicyclic) bond motifs is 1. The maximum atomic E-state index is 11.9. The van der Waals surface area contributed by atoms with E-state index in [0.29, 0.717) is 22.3 Å². The predicted octanol–water partition coefficient (Wildman–Crippen LogP) is 2.39. The van der Waals surface area contributed by atoms with Crippen molar-refractivity contribution in [2.24, 2.45) is 0 Å². The van der Waals surface area contributed by atoms with E-state index in [-0.39, 0.29) is 12.2 Å². The number of benzene rings is 1. The molecule has 23 heavy (non-hydrogen) atoms. The normalized spacial score (nSPS) is 11.0. The smallest absolute Gasteiger partial charge is 0.258 e. The molecule has 7 nitrogen and oxygen atoms in total. The SMILES string of the molecule is O=c1cc(COc2ccc(-c3nnco3)cc2)nc2sccn12. The molecule has 0 aliphatic carbocycles. The molecule has 0 N–H and O–H groups in total. The highest BCUT2D eigenvalue weighted by Gasteiger charge is 2.06. The summed E-state index contributed by atoms with van der Waals surface area (Å²) in [6.45, 7) is 0.226. The number of thiazole rings is 1. The van der Waals surface area contributed by atoms with Crippen molar-refractivity contribution in [1.82, 2.24) is 19.6 Å². The van der Waals surface area contributed by atoms with Gasteiger partial charge in [-0.05, 0) is 24.3 Å². The third kappa shape index (κ3) is 2.71. The number of rotatable bonds is 4. The van der Waals surface area contributed by atoms with Crippen molar-refractivity contribution in [3.05, 3.63) is 64.4 Å². The van der Waals surface area contributed by atoms with Gasteiger partial charge in [-0.25, -0.2) is 4.98 Å². The molecule has 0 saturated heterocycles. The van der Waals surface area contributed by atoms with Crippen LogP contribution in [-0.4, -0.2) is 19.6 Å². The summed E-state index contributed by atoms with van der Waals surface area (Å²) in [7, 11) is 0. The van der Waals surface area contributed by atoms with Crippen molar-refractivity contribution in [2.75, 3.05) is 0 Å². The van der Waals surface area contributed by atoms with E-state index in [4.69, 9.17) is 9.15 Å². The second-order valence-corrected chi connectivity index (χ2v) is 5.57. The zero-order valence-electron chi connectivity index (χ0n) is 11.7. The first-order chi connectivity index (χ1) is 11.3. The van der Waals surface area contributed by atoms with Crippen LogP contribution in [0.25, 0.3) is 16.4 Å². The number of hydrogen-bond acceptors (Lipinski definition) is 7. The van der Waals surface area contributed by atoms with Gasteiger partial charge in [0.15, 0.2) is 4.96 Å². The highest BCUT2D eigenvalue weighted by Crippen LogP contribution is 2.20. The van der Waals surface area contributed by atoms with Crippen LogP contribution < -0.4 is 10.3 Å². The molecule has 0 bridgehead atoms. The summed E-state index contributed by atoms with van der Waals surface area (Å²) in [6, 6.07) is 8.74. The number of hydrogen-bond donors (Lipinski definition) is 0. The average Bonchev–Trinajstić information content (AvgIpc) is 3.25. The minimum atomic E-state index is -0.110. The Morgan fingerprint density at radius 2 is 2.13 bits per heavy atom. The first-order valence-electron chi connectivity index (χ1n) is 6.75. The Kier molecular flexibility index (Phi) is 3.35. The van der Waals surface area contributed by atoms with Crippen molar-refractivity contribution in [3.8, 4) is 17.2 Å². The van der Waals surface area contributed by atoms with E-state index in [2.05, 4.69) is 15.2 Å². The summed E-state index contributed by atoms with van der Waals surface area (Å²) in [6.07, 6.45) is 2.99. The zero-order chi connectivity index (χ0) is 15.6. The maximum Gasteiger partial charge on any atom is 0.258 e. The third-order valence-corrected chi connectivity index (χ3v) is 3.96. The van der Waals surface area contributed by atoms with E-state index < -0.39 is 0 Å². The molecule has 3 aromatic heterocycles. The summed E-state index contributed by atoms with van der Waals surface area (Å²) in [5.74, 6) is 1.12. The predicted molar refractivity (Wildman–Crippen MR) is 83.4 cm³/mol. The molecular weight excluding hydrogens is 316 g/mol. The molecule has 4 aromatic rings. The van der Waals surface area contributed by atoms with Gasteiger partial charge >= 0.3 is 0 Å². The van der Waals surface area contributed by atoms with Gasteiger partial charge in [0.1, 0.15) is 12.4 Å². The van der Waals surface area contributed by atoms with Crippen LogP contribution in [0.3, 0.4) is 0 Å². The molecule has 0 aliphatic rings. The van der Waals surface area contributed by atoms with Crippen molar-refractivity contribution in [1.29, 1.82) is 0 Å². The van der Waals surface area contributed by atoms with E-state index in [1.54, 1.807) is 18.3 Å². The minimum absolute atomic E-state index is 0.110. The average molecular weight is 326 g/mol. The first kappa shape index (κ1) is 13.6. The van der Waals surface area contributed by atoms with Gasteiger partial charge in [-0.1, -0.05) is 0 Å². The lowest BCUT2D eigenvalue weighted by molar-refractivity contribution is 0.301. The zero-order valence-corrected chi connectivity index (χ0v) is 12.6. The number of ether oxygens (including phenoxy) is 1. The quantitative estimate of drug-likeness (QED) is 0.572. The fourth-order valence-electron chi connectivity index (χ4n) is 2.11. The molecule has 0 saturated carbocycles. The van der Waals surface area contributed by atoms with E-state index >= 15 is 0 Å². The maximum absolute atomic E-state index is 11.9. The molecule has 114 valence electrons. The second kappa shape index (κ2) is 5.65. The van der Waals surface area contributed by atoms with Gasteiger partial charge in [-0.3, -0.25) is 9.20 Å². The molecule has 0 atom stereocenters. The van der Waals surface area contributed by atoms with Crippen molar-refractivity contribution >= 4 is 16.3 Å². The minimum Gasteiger partial charge on any atom is -0.487 e. The van der Waals surface area contributed by atoms with E-state index in [1.807, 2.05) is 17.5 Å². The monoisotopic (exact) mass is 326 g/mol. The molecule has 0 radical (unpaired) electrons. The second-order valence-electron chi connectivity index (χ2n) is 4.70. The molecule has 0 aliphatic heterocycles. The topological polar surface area (TPSA) is 82.5 Å². The largest absolute Gasteiger partial charge is 0.487 e. The van der Waals surface area contributed by atoms with Crippen LogP contribution in [0, 0.1) is 0 Å². The van der Waals surface area contributed by atoms with Crippen LogP contribution in [0.1, 0.15) is 5.69 Å². The Labute approximate surface area is 133 Å². The lowest BCUT2D eigenvalue weighted by Gasteiger charge is -2.06. The van der Waals surface area contributed by atoms with Crippen LogP contribution in [0.4, 0.5) is 0 Å². The van der Waals surface area contributed by atoms with Gasteiger partial charge in [0.05, 0.1) is 5.69 Å². The van der Waals surface area contributed by atoms with Crippen LogP contribution in [0.15, 0.2) is 57.5 Å². The molecular formula is C15H10N4O3S. The molecule has 0 spiro atoms. The summed E-state index contributed by atoms with van der Waals surface area (Å²) in [5.41, 5.74) is 1.30. The summed E-state index contributed by atoms with van der Waals surface area (Å²) in [5, 5.41) is 9.30. The molecule has 0 amide bonds. The van der Waals surface area contributed by atoms with E-state index in [0.717, 1.165) is 5.56 Å². The van der Waals surface area contributed by atoms with Crippen LogP contribution in [0.2, 0.25) is 0 Å². The molecule has 1 aromatic carbocycles. The number of nitrogens with zero attached hydrogens (tertiary/aromatic N) is 4. The highest BCUT2D eigenvalue weighted by molar-refractivity contribution is 7.15. The van der Waals surface area contributed by atoms with Gasteiger partial charge in [-0.2, -0.15) is 0 Å². The lowest BCUT2D eigenvalue weighted by atomic mass is 10.2. The molecule has 0 unspecified atom stereocenters. The first-order valence-corrected chi connectivity index (χ1v) is 7.63. The summed E-state index contributed by atoms with van der Waals surface area (Å²) >= 11 is 1.41. The Bertz CT molecular complexity index is 990. The summed E-state index contributed by atoms with van der Waals surface area (Å²) < 4.78 is 12.3. The Balaban J connectivity index is 1.50. The van der Waals surface area contributed by atoms with Gasteiger partial charge in [-0.15, -0.1) is 21.5 Å².